The Labute approximate surface area is 142 Å². The fraction of sp³-hybridized carbons (Fsp3) is 0.278. The van der Waals surface area contributed by atoms with Gasteiger partial charge in [-0.15, -0.1) is 0 Å². The van der Waals surface area contributed by atoms with Crippen molar-refractivity contribution >= 4 is 23.0 Å². The highest BCUT2D eigenvalue weighted by molar-refractivity contribution is 7.80. The van der Waals surface area contributed by atoms with E-state index in [1.54, 1.807) is 12.1 Å². The summed E-state index contributed by atoms with van der Waals surface area (Å²) in [6.07, 6.45) is 0.981. The first kappa shape index (κ1) is 17.4. The van der Waals surface area contributed by atoms with Crippen molar-refractivity contribution in [3.8, 4) is 0 Å². The Morgan fingerprint density at radius 3 is 2.35 bits per heavy atom. The van der Waals surface area contributed by atoms with E-state index in [9.17, 15) is 4.39 Å². The standard InChI is InChI=1S/C18H22FN3S/c1-22(2)17(12-14-6-4-3-5-7-14)13-20-18(23)21-16-10-8-15(19)9-11-16/h3-11,17H,12-13H2,1-2H3,(H2,20,21,23)/p+1/t17-/m0/s1. The van der Waals surface area contributed by atoms with Gasteiger partial charge < -0.3 is 15.5 Å². The van der Waals surface area contributed by atoms with Crippen molar-refractivity contribution in [1.82, 2.24) is 5.32 Å². The van der Waals surface area contributed by atoms with Gasteiger partial charge >= 0.3 is 0 Å². The molecule has 23 heavy (non-hydrogen) atoms. The van der Waals surface area contributed by atoms with Gasteiger partial charge in [-0.2, -0.15) is 0 Å². The minimum absolute atomic E-state index is 0.256. The predicted octanol–water partition coefficient (Wildman–Crippen LogP) is 1.87. The number of thiocarbonyl (C=S) groups is 1. The molecule has 122 valence electrons. The van der Waals surface area contributed by atoms with E-state index in [2.05, 4.69) is 49.0 Å². The van der Waals surface area contributed by atoms with E-state index in [0.29, 0.717) is 11.2 Å². The average Bonchev–Trinajstić information content (AvgIpc) is 2.54. The molecule has 2 rings (SSSR count). The smallest absolute Gasteiger partial charge is 0.170 e. The molecule has 0 saturated carbocycles. The second-order valence-corrected chi connectivity index (χ2v) is 6.21. The van der Waals surface area contributed by atoms with Crippen molar-refractivity contribution in [3.63, 3.8) is 0 Å². The van der Waals surface area contributed by atoms with Crippen molar-refractivity contribution < 1.29 is 9.29 Å². The van der Waals surface area contributed by atoms with Crippen LogP contribution in [0.1, 0.15) is 5.56 Å². The van der Waals surface area contributed by atoms with Crippen molar-refractivity contribution in [1.29, 1.82) is 0 Å². The van der Waals surface area contributed by atoms with Gasteiger partial charge in [0, 0.05) is 12.1 Å². The molecule has 2 aromatic carbocycles. The molecule has 0 bridgehead atoms. The summed E-state index contributed by atoms with van der Waals surface area (Å²) in [5.41, 5.74) is 2.10. The number of hydrogen-bond acceptors (Lipinski definition) is 1. The van der Waals surface area contributed by atoms with Crippen LogP contribution in [0.15, 0.2) is 54.6 Å². The number of quaternary nitrogens is 1. The van der Waals surface area contributed by atoms with E-state index in [0.717, 1.165) is 18.7 Å². The molecule has 0 aliphatic carbocycles. The van der Waals surface area contributed by atoms with Gasteiger partial charge in [0.1, 0.15) is 11.9 Å². The fourth-order valence-corrected chi connectivity index (χ4v) is 2.50. The van der Waals surface area contributed by atoms with Crippen molar-refractivity contribution in [2.24, 2.45) is 0 Å². The maximum absolute atomic E-state index is 12.9. The third-order valence-electron chi connectivity index (χ3n) is 3.75. The zero-order chi connectivity index (χ0) is 16.7. The lowest BCUT2D eigenvalue weighted by molar-refractivity contribution is -0.884. The number of nitrogens with one attached hydrogen (secondary N) is 3. The number of anilines is 1. The molecule has 0 aliphatic rings. The van der Waals surface area contributed by atoms with Crippen molar-refractivity contribution in [2.45, 2.75) is 12.5 Å². The van der Waals surface area contributed by atoms with Gasteiger partial charge in [-0.1, -0.05) is 30.3 Å². The van der Waals surface area contributed by atoms with Gasteiger partial charge in [-0.25, -0.2) is 4.39 Å². The molecular formula is C18H23FN3S+. The Balaban J connectivity index is 1.85. The van der Waals surface area contributed by atoms with Gasteiger partial charge in [0.25, 0.3) is 0 Å². The SMILES string of the molecule is C[NH+](C)[C@H](CNC(=S)Nc1ccc(F)cc1)Cc1ccccc1. The van der Waals surface area contributed by atoms with Crippen LogP contribution in [-0.4, -0.2) is 31.8 Å². The summed E-state index contributed by atoms with van der Waals surface area (Å²) in [6, 6.07) is 17.0. The number of likely N-dealkylation sites (N-methyl/N-ethyl adjacent to an activating group) is 1. The van der Waals surface area contributed by atoms with E-state index in [1.807, 2.05) is 6.07 Å². The van der Waals surface area contributed by atoms with Gasteiger partial charge in [0.2, 0.25) is 0 Å². The lowest BCUT2D eigenvalue weighted by atomic mass is 10.1. The summed E-state index contributed by atoms with van der Waals surface area (Å²) in [7, 11) is 4.29. The second kappa shape index (κ2) is 8.60. The van der Waals surface area contributed by atoms with E-state index in [-0.39, 0.29) is 5.82 Å². The van der Waals surface area contributed by atoms with Crippen molar-refractivity contribution in [3.05, 3.63) is 66.0 Å². The van der Waals surface area contributed by atoms with Crippen LogP contribution in [0.2, 0.25) is 0 Å². The number of benzene rings is 2. The van der Waals surface area contributed by atoms with Gasteiger partial charge in [0.15, 0.2) is 5.11 Å². The number of hydrogen-bond donors (Lipinski definition) is 3. The Hall–Kier alpha value is -1.98. The molecule has 0 fully saturated rings. The number of halogens is 1. The van der Waals surface area contributed by atoms with Crippen LogP contribution in [-0.2, 0) is 6.42 Å². The zero-order valence-electron chi connectivity index (χ0n) is 13.5. The summed E-state index contributed by atoms with van der Waals surface area (Å²) in [5, 5.41) is 6.88. The largest absolute Gasteiger partial charge is 0.356 e. The van der Waals surface area contributed by atoms with E-state index >= 15 is 0 Å². The lowest BCUT2D eigenvalue weighted by Gasteiger charge is -2.23. The molecule has 0 radical (unpaired) electrons. The highest BCUT2D eigenvalue weighted by Gasteiger charge is 2.16. The van der Waals surface area contributed by atoms with Crippen LogP contribution in [0, 0.1) is 5.82 Å². The highest BCUT2D eigenvalue weighted by Crippen LogP contribution is 2.08. The summed E-state index contributed by atoms with van der Waals surface area (Å²) in [4.78, 5) is 1.37. The molecule has 3 nitrogen and oxygen atoms in total. The van der Waals surface area contributed by atoms with Crippen LogP contribution in [0.5, 0.6) is 0 Å². The van der Waals surface area contributed by atoms with E-state index in [1.165, 1.54) is 22.6 Å². The maximum Gasteiger partial charge on any atom is 0.170 e. The minimum atomic E-state index is -0.256. The first-order valence-corrected chi connectivity index (χ1v) is 8.10. The Morgan fingerprint density at radius 2 is 1.74 bits per heavy atom. The Morgan fingerprint density at radius 1 is 1.09 bits per heavy atom. The summed E-state index contributed by atoms with van der Waals surface area (Å²) in [5.74, 6) is -0.256. The highest BCUT2D eigenvalue weighted by atomic mass is 32.1. The van der Waals surface area contributed by atoms with Crippen LogP contribution in [0.3, 0.4) is 0 Å². The summed E-state index contributed by atoms with van der Waals surface area (Å²) >= 11 is 5.31. The Bertz CT molecular complexity index is 614. The second-order valence-electron chi connectivity index (χ2n) is 5.81. The predicted molar refractivity (Wildman–Crippen MR) is 97.4 cm³/mol. The van der Waals surface area contributed by atoms with Crippen LogP contribution in [0.25, 0.3) is 0 Å². The molecule has 5 heteroatoms. The first-order valence-electron chi connectivity index (χ1n) is 7.69. The molecule has 0 amide bonds. The normalized spacial score (nSPS) is 12.0. The minimum Gasteiger partial charge on any atom is -0.356 e. The van der Waals surface area contributed by atoms with Gasteiger partial charge in [-0.3, -0.25) is 0 Å². The third-order valence-corrected chi connectivity index (χ3v) is 4.00. The fourth-order valence-electron chi connectivity index (χ4n) is 2.30. The van der Waals surface area contributed by atoms with Gasteiger partial charge in [-0.05, 0) is 42.0 Å². The molecular weight excluding hydrogens is 309 g/mol. The first-order chi connectivity index (χ1) is 11.0. The van der Waals surface area contributed by atoms with E-state index in [4.69, 9.17) is 12.2 Å². The molecule has 0 unspecified atom stereocenters. The quantitative estimate of drug-likeness (QED) is 0.706. The third kappa shape index (κ3) is 5.96. The van der Waals surface area contributed by atoms with Crippen LogP contribution >= 0.6 is 12.2 Å². The summed E-state index contributed by atoms with van der Waals surface area (Å²) < 4.78 is 12.9. The monoisotopic (exact) mass is 332 g/mol. The zero-order valence-corrected chi connectivity index (χ0v) is 14.3. The molecule has 0 saturated heterocycles. The number of rotatable bonds is 6. The topological polar surface area (TPSA) is 28.5 Å². The van der Waals surface area contributed by atoms with E-state index < -0.39 is 0 Å². The molecule has 0 spiro atoms. The maximum atomic E-state index is 12.9. The Kier molecular flexibility index (Phi) is 6.50. The average molecular weight is 332 g/mol. The lowest BCUT2D eigenvalue weighted by Crippen LogP contribution is -3.11. The van der Waals surface area contributed by atoms with Crippen molar-refractivity contribution in [2.75, 3.05) is 26.0 Å². The molecule has 0 aromatic heterocycles. The molecule has 1 atom stereocenters. The molecule has 2 aromatic rings. The van der Waals surface area contributed by atoms with Crippen LogP contribution in [0.4, 0.5) is 10.1 Å². The molecule has 0 aliphatic heterocycles. The van der Waals surface area contributed by atoms with Gasteiger partial charge in [0.05, 0.1) is 20.6 Å². The molecule has 0 heterocycles. The molecule has 3 N–H and O–H groups in total. The summed E-state index contributed by atoms with van der Waals surface area (Å²) in [6.45, 7) is 0.768. The van der Waals surface area contributed by atoms with Crippen LogP contribution < -0.4 is 15.5 Å².